The molecule has 0 amide bonds. The monoisotopic (exact) mass is 273 g/mol. The first-order valence-electron chi connectivity index (χ1n) is 7.05. The third kappa shape index (κ3) is 2.54. The number of imidazole rings is 1. The Morgan fingerprint density at radius 1 is 1.35 bits per heavy atom. The lowest BCUT2D eigenvalue weighted by atomic mass is 10.3. The Balaban J connectivity index is 1.80. The van der Waals surface area contributed by atoms with Crippen molar-refractivity contribution >= 4 is 11.6 Å². The number of carbonyl (C=O) groups is 1. The predicted octanol–water partition coefficient (Wildman–Crippen LogP) is 1.76. The zero-order valence-electron chi connectivity index (χ0n) is 11.7. The van der Waals surface area contributed by atoms with Gasteiger partial charge >= 0.3 is 5.97 Å². The maximum absolute atomic E-state index is 11.7. The second-order valence-corrected chi connectivity index (χ2v) is 5.16. The van der Waals surface area contributed by atoms with Gasteiger partial charge in [0.1, 0.15) is 11.3 Å². The summed E-state index contributed by atoms with van der Waals surface area (Å²) in [5.74, 6) is -0.334. The van der Waals surface area contributed by atoms with E-state index in [1.54, 1.807) is 6.07 Å². The van der Waals surface area contributed by atoms with Crippen molar-refractivity contribution in [2.24, 2.45) is 0 Å². The molecule has 1 saturated heterocycles. The number of fused-ring (bicyclic) bond motifs is 1. The minimum atomic E-state index is -0.334. The molecule has 0 aliphatic carbocycles. The molecule has 5 heteroatoms. The van der Waals surface area contributed by atoms with Crippen LogP contribution in [0, 0.1) is 0 Å². The standard InChI is InChI=1S/C15H19N3O2/c1-20-15(19)13-5-4-6-14-16-12(11-18(13)14)7-10-17-8-2-3-9-17/h4-6,11H,2-3,7-10H2,1H3. The van der Waals surface area contributed by atoms with Crippen LogP contribution in [-0.2, 0) is 11.2 Å². The van der Waals surface area contributed by atoms with Crippen LogP contribution in [-0.4, -0.2) is 47.0 Å². The summed E-state index contributed by atoms with van der Waals surface area (Å²) in [7, 11) is 1.40. The number of esters is 1. The molecule has 3 rings (SSSR count). The Kier molecular flexibility index (Phi) is 3.69. The smallest absolute Gasteiger partial charge is 0.355 e. The molecule has 1 fully saturated rings. The SMILES string of the molecule is COC(=O)c1cccc2nc(CCN3CCCC3)cn12. The number of rotatable bonds is 4. The average Bonchev–Trinajstić information content (AvgIpc) is 3.12. The fraction of sp³-hybridized carbons (Fsp3) is 0.467. The molecule has 0 aromatic carbocycles. The van der Waals surface area contributed by atoms with Crippen molar-refractivity contribution in [2.75, 3.05) is 26.7 Å². The van der Waals surface area contributed by atoms with Gasteiger partial charge < -0.3 is 9.64 Å². The van der Waals surface area contributed by atoms with Gasteiger partial charge in [-0.05, 0) is 38.1 Å². The van der Waals surface area contributed by atoms with Crippen molar-refractivity contribution in [1.82, 2.24) is 14.3 Å². The number of carbonyl (C=O) groups excluding carboxylic acids is 1. The van der Waals surface area contributed by atoms with Gasteiger partial charge in [0.25, 0.3) is 0 Å². The van der Waals surface area contributed by atoms with E-state index in [-0.39, 0.29) is 5.97 Å². The summed E-state index contributed by atoms with van der Waals surface area (Å²) in [6, 6.07) is 5.50. The second-order valence-electron chi connectivity index (χ2n) is 5.16. The lowest BCUT2D eigenvalue weighted by Crippen LogP contribution is -2.22. The van der Waals surface area contributed by atoms with E-state index in [1.807, 2.05) is 22.7 Å². The molecule has 0 atom stereocenters. The molecule has 0 saturated carbocycles. The van der Waals surface area contributed by atoms with Crippen LogP contribution in [0.5, 0.6) is 0 Å². The molecule has 0 N–H and O–H groups in total. The highest BCUT2D eigenvalue weighted by atomic mass is 16.5. The normalized spacial score (nSPS) is 15.8. The molecule has 0 radical (unpaired) electrons. The number of aromatic nitrogens is 2. The number of hydrogen-bond acceptors (Lipinski definition) is 4. The Morgan fingerprint density at radius 2 is 2.15 bits per heavy atom. The number of hydrogen-bond donors (Lipinski definition) is 0. The molecule has 20 heavy (non-hydrogen) atoms. The third-order valence-electron chi connectivity index (χ3n) is 3.82. The minimum absolute atomic E-state index is 0.334. The predicted molar refractivity (Wildman–Crippen MR) is 75.9 cm³/mol. The molecule has 0 bridgehead atoms. The van der Waals surface area contributed by atoms with Crippen LogP contribution in [0.25, 0.3) is 5.65 Å². The highest BCUT2D eigenvalue weighted by molar-refractivity contribution is 5.88. The van der Waals surface area contributed by atoms with Gasteiger partial charge in [-0.25, -0.2) is 9.78 Å². The average molecular weight is 273 g/mol. The first-order chi connectivity index (χ1) is 9.78. The first-order valence-corrected chi connectivity index (χ1v) is 7.05. The molecule has 0 unspecified atom stereocenters. The molecule has 106 valence electrons. The van der Waals surface area contributed by atoms with Gasteiger partial charge in [0, 0.05) is 19.2 Å². The van der Waals surface area contributed by atoms with Crippen LogP contribution in [0.4, 0.5) is 0 Å². The van der Waals surface area contributed by atoms with Gasteiger partial charge in [-0.3, -0.25) is 4.40 Å². The van der Waals surface area contributed by atoms with Gasteiger partial charge in [0.15, 0.2) is 0 Å². The highest BCUT2D eigenvalue weighted by Crippen LogP contribution is 2.12. The van der Waals surface area contributed by atoms with Crippen molar-refractivity contribution in [2.45, 2.75) is 19.3 Å². The molecule has 2 aromatic heterocycles. The molecule has 3 heterocycles. The van der Waals surface area contributed by atoms with Gasteiger partial charge in [0.2, 0.25) is 0 Å². The number of ether oxygens (including phenoxy) is 1. The first kappa shape index (κ1) is 13.1. The van der Waals surface area contributed by atoms with E-state index in [4.69, 9.17) is 4.74 Å². The summed E-state index contributed by atoms with van der Waals surface area (Å²) in [6.45, 7) is 3.43. The third-order valence-corrected chi connectivity index (χ3v) is 3.82. The van der Waals surface area contributed by atoms with Gasteiger partial charge in [-0.15, -0.1) is 0 Å². The molecular weight excluding hydrogens is 254 g/mol. The fourth-order valence-corrected chi connectivity index (χ4v) is 2.73. The quantitative estimate of drug-likeness (QED) is 0.796. The van der Waals surface area contributed by atoms with Crippen molar-refractivity contribution in [1.29, 1.82) is 0 Å². The number of nitrogens with zero attached hydrogens (tertiary/aromatic N) is 3. The van der Waals surface area contributed by atoms with E-state index < -0.39 is 0 Å². The molecule has 5 nitrogen and oxygen atoms in total. The van der Waals surface area contributed by atoms with Crippen LogP contribution in [0.1, 0.15) is 29.0 Å². The molecule has 1 aliphatic heterocycles. The van der Waals surface area contributed by atoms with E-state index in [1.165, 1.54) is 33.0 Å². The summed E-state index contributed by atoms with van der Waals surface area (Å²) in [5, 5.41) is 0. The van der Waals surface area contributed by atoms with Crippen molar-refractivity contribution < 1.29 is 9.53 Å². The van der Waals surface area contributed by atoms with E-state index >= 15 is 0 Å². The Morgan fingerprint density at radius 3 is 2.90 bits per heavy atom. The van der Waals surface area contributed by atoms with Gasteiger partial charge in [-0.1, -0.05) is 6.07 Å². The molecule has 2 aromatic rings. The summed E-state index contributed by atoms with van der Waals surface area (Å²) in [6.07, 6.45) is 5.47. The maximum atomic E-state index is 11.7. The van der Waals surface area contributed by atoms with Crippen LogP contribution in [0.3, 0.4) is 0 Å². The van der Waals surface area contributed by atoms with Crippen molar-refractivity contribution in [3.05, 3.63) is 35.8 Å². The van der Waals surface area contributed by atoms with E-state index in [0.717, 1.165) is 24.3 Å². The molecule has 1 aliphatic rings. The zero-order valence-corrected chi connectivity index (χ0v) is 11.7. The Bertz CT molecular complexity index is 615. The van der Waals surface area contributed by atoms with Crippen LogP contribution in [0.15, 0.2) is 24.4 Å². The van der Waals surface area contributed by atoms with E-state index in [0.29, 0.717) is 5.69 Å². The largest absolute Gasteiger partial charge is 0.464 e. The van der Waals surface area contributed by atoms with E-state index in [9.17, 15) is 4.79 Å². The fourth-order valence-electron chi connectivity index (χ4n) is 2.73. The minimum Gasteiger partial charge on any atom is -0.464 e. The van der Waals surface area contributed by atoms with Crippen LogP contribution in [0.2, 0.25) is 0 Å². The van der Waals surface area contributed by atoms with Crippen LogP contribution < -0.4 is 0 Å². The Labute approximate surface area is 118 Å². The molecule has 0 spiro atoms. The maximum Gasteiger partial charge on any atom is 0.355 e. The van der Waals surface area contributed by atoms with E-state index in [2.05, 4.69) is 9.88 Å². The summed E-state index contributed by atoms with van der Waals surface area (Å²) in [5.41, 5.74) is 2.34. The topological polar surface area (TPSA) is 46.8 Å². The summed E-state index contributed by atoms with van der Waals surface area (Å²) in [4.78, 5) is 18.8. The van der Waals surface area contributed by atoms with Crippen molar-refractivity contribution in [3.8, 4) is 0 Å². The lowest BCUT2D eigenvalue weighted by Gasteiger charge is -2.12. The van der Waals surface area contributed by atoms with Crippen LogP contribution >= 0.6 is 0 Å². The zero-order chi connectivity index (χ0) is 13.9. The lowest BCUT2D eigenvalue weighted by molar-refractivity contribution is 0.0592. The number of likely N-dealkylation sites (tertiary alicyclic amines) is 1. The van der Waals surface area contributed by atoms with Gasteiger partial charge in [-0.2, -0.15) is 0 Å². The summed E-state index contributed by atoms with van der Waals surface area (Å²) < 4.78 is 6.61. The number of methoxy groups -OCH3 is 1. The van der Waals surface area contributed by atoms with Gasteiger partial charge in [0.05, 0.1) is 12.8 Å². The number of pyridine rings is 1. The highest BCUT2D eigenvalue weighted by Gasteiger charge is 2.14. The van der Waals surface area contributed by atoms with Crippen molar-refractivity contribution in [3.63, 3.8) is 0 Å². The second kappa shape index (κ2) is 5.63. The molecular formula is C15H19N3O2. The summed E-state index contributed by atoms with van der Waals surface area (Å²) >= 11 is 0. The Hall–Kier alpha value is -1.88.